The molecule has 3 aromatic rings. The van der Waals surface area contributed by atoms with Crippen LogP contribution in [0.1, 0.15) is 33.1 Å². The van der Waals surface area contributed by atoms with Crippen LogP contribution in [-0.4, -0.2) is 36.5 Å². The average Bonchev–Trinajstić information content (AvgIpc) is 3.06. The number of carbonyl (C=O) groups excluding carboxylic acids is 1. The molecule has 0 aliphatic carbocycles. The summed E-state index contributed by atoms with van der Waals surface area (Å²) in [5, 5.41) is 13.5. The van der Waals surface area contributed by atoms with Crippen LogP contribution in [-0.2, 0) is 0 Å². The number of rotatable bonds is 5. The van der Waals surface area contributed by atoms with Crippen molar-refractivity contribution in [1.29, 1.82) is 0 Å². The number of aryl methyl sites for hydroxylation is 4. The third-order valence-electron chi connectivity index (χ3n) is 3.65. The van der Waals surface area contributed by atoms with Crippen molar-refractivity contribution >= 4 is 17.5 Å². The Labute approximate surface area is 144 Å². The van der Waals surface area contributed by atoms with Crippen molar-refractivity contribution in [3.8, 4) is 5.82 Å². The van der Waals surface area contributed by atoms with Gasteiger partial charge in [0.1, 0.15) is 5.03 Å². The second kappa shape index (κ2) is 6.60. The van der Waals surface area contributed by atoms with Gasteiger partial charge < -0.3 is 4.98 Å². The Morgan fingerprint density at radius 3 is 2.50 bits per heavy atom. The van der Waals surface area contributed by atoms with Gasteiger partial charge >= 0.3 is 0 Å². The zero-order valence-electron chi connectivity index (χ0n) is 14.1. The molecule has 0 aromatic carbocycles. The van der Waals surface area contributed by atoms with Crippen molar-refractivity contribution in [2.24, 2.45) is 0 Å². The molecule has 0 aliphatic rings. The summed E-state index contributed by atoms with van der Waals surface area (Å²) in [7, 11) is 0. The van der Waals surface area contributed by atoms with Crippen molar-refractivity contribution in [2.45, 2.75) is 32.7 Å². The standard InChI is InChI=1S/C17H19N5OS/c1-10-8-14(13(4)18-10)15(23)9-24-17-6-5-16(19-20-17)22-12(3)7-11(2)21-22/h5-8,18H,9H2,1-4H3. The Bertz CT molecular complexity index is 879. The van der Waals surface area contributed by atoms with E-state index in [0.717, 1.165) is 33.4 Å². The normalized spacial score (nSPS) is 11.0. The van der Waals surface area contributed by atoms with Gasteiger partial charge in [-0.25, -0.2) is 4.68 Å². The van der Waals surface area contributed by atoms with E-state index in [4.69, 9.17) is 0 Å². The molecule has 3 rings (SSSR count). The highest BCUT2D eigenvalue weighted by Crippen LogP contribution is 2.19. The molecular weight excluding hydrogens is 322 g/mol. The highest BCUT2D eigenvalue weighted by molar-refractivity contribution is 7.99. The Hall–Kier alpha value is -2.41. The first kappa shape index (κ1) is 16.4. The number of nitrogens with zero attached hydrogens (tertiary/aromatic N) is 4. The molecule has 0 amide bonds. The SMILES string of the molecule is Cc1cc(C)n(-c2ccc(SCC(=O)c3cc(C)[nH]c3C)nn2)n1. The molecule has 0 unspecified atom stereocenters. The van der Waals surface area contributed by atoms with Crippen molar-refractivity contribution in [3.63, 3.8) is 0 Å². The molecule has 6 nitrogen and oxygen atoms in total. The highest BCUT2D eigenvalue weighted by Gasteiger charge is 2.13. The molecule has 0 spiro atoms. The molecular formula is C17H19N5OS. The molecule has 3 aromatic heterocycles. The van der Waals surface area contributed by atoms with Gasteiger partial charge in [0.15, 0.2) is 11.6 Å². The summed E-state index contributed by atoms with van der Waals surface area (Å²) >= 11 is 1.39. The van der Waals surface area contributed by atoms with Crippen LogP contribution in [0, 0.1) is 27.7 Å². The number of hydrogen-bond acceptors (Lipinski definition) is 5. The summed E-state index contributed by atoms with van der Waals surface area (Å²) in [6.07, 6.45) is 0. The summed E-state index contributed by atoms with van der Waals surface area (Å²) in [4.78, 5) is 15.4. The summed E-state index contributed by atoms with van der Waals surface area (Å²) in [5.74, 6) is 1.10. The molecule has 7 heteroatoms. The summed E-state index contributed by atoms with van der Waals surface area (Å²) in [6, 6.07) is 7.61. The van der Waals surface area contributed by atoms with Gasteiger partial charge in [-0.05, 0) is 52.0 Å². The maximum atomic E-state index is 12.3. The molecule has 1 N–H and O–H groups in total. The zero-order chi connectivity index (χ0) is 17.3. The lowest BCUT2D eigenvalue weighted by Crippen LogP contribution is -2.05. The molecule has 0 atom stereocenters. The number of Topliss-reactive ketones (excluding diaryl/α,β-unsaturated/α-hetero) is 1. The number of aromatic nitrogens is 5. The molecule has 0 fully saturated rings. The highest BCUT2D eigenvalue weighted by atomic mass is 32.2. The van der Waals surface area contributed by atoms with Crippen LogP contribution in [0.3, 0.4) is 0 Å². The van der Waals surface area contributed by atoms with Crippen LogP contribution in [0.4, 0.5) is 0 Å². The van der Waals surface area contributed by atoms with E-state index in [1.165, 1.54) is 11.8 Å². The fourth-order valence-electron chi connectivity index (χ4n) is 2.59. The molecule has 0 radical (unpaired) electrons. The quantitative estimate of drug-likeness (QED) is 0.570. The van der Waals surface area contributed by atoms with Gasteiger partial charge in [-0.2, -0.15) is 5.10 Å². The number of hydrogen-bond donors (Lipinski definition) is 1. The first-order valence-corrected chi connectivity index (χ1v) is 8.62. The number of aromatic amines is 1. The minimum absolute atomic E-state index is 0.0891. The monoisotopic (exact) mass is 341 g/mol. The third kappa shape index (κ3) is 3.41. The van der Waals surface area contributed by atoms with Crippen LogP contribution in [0.15, 0.2) is 29.3 Å². The van der Waals surface area contributed by atoms with E-state index in [9.17, 15) is 4.79 Å². The number of nitrogens with one attached hydrogen (secondary N) is 1. The van der Waals surface area contributed by atoms with Crippen molar-refractivity contribution in [2.75, 3.05) is 5.75 Å². The zero-order valence-corrected chi connectivity index (χ0v) is 14.9. The third-order valence-corrected chi connectivity index (χ3v) is 4.57. The molecule has 0 saturated carbocycles. The second-order valence-corrected chi connectivity index (χ2v) is 6.77. The number of thioether (sulfide) groups is 1. The molecule has 0 saturated heterocycles. The Balaban J connectivity index is 1.67. The van der Waals surface area contributed by atoms with E-state index in [0.29, 0.717) is 11.6 Å². The average molecular weight is 341 g/mol. The Morgan fingerprint density at radius 2 is 1.96 bits per heavy atom. The molecule has 3 heterocycles. The van der Waals surface area contributed by atoms with Gasteiger partial charge in [0.25, 0.3) is 0 Å². The van der Waals surface area contributed by atoms with Crippen LogP contribution in [0.5, 0.6) is 0 Å². The minimum atomic E-state index is 0.0891. The van der Waals surface area contributed by atoms with Crippen LogP contribution < -0.4 is 0 Å². The van der Waals surface area contributed by atoms with Crippen LogP contribution in [0.2, 0.25) is 0 Å². The lowest BCUT2D eigenvalue weighted by molar-refractivity contribution is 0.102. The van der Waals surface area contributed by atoms with E-state index in [-0.39, 0.29) is 5.78 Å². The number of carbonyl (C=O) groups is 1. The van der Waals surface area contributed by atoms with Gasteiger partial charge in [0.05, 0.1) is 11.4 Å². The lowest BCUT2D eigenvalue weighted by atomic mass is 10.2. The van der Waals surface area contributed by atoms with E-state index in [1.807, 2.05) is 52.0 Å². The predicted octanol–water partition coefficient (Wildman–Crippen LogP) is 3.20. The largest absolute Gasteiger partial charge is 0.362 e. The van der Waals surface area contributed by atoms with E-state index < -0.39 is 0 Å². The topological polar surface area (TPSA) is 76.5 Å². The van der Waals surface area contributed by atoms with E-state index in [1.54, 1.807) is 4.68 Å². The summed E-state index contributed by atoms with van der Waals surface area (Å²) in [6.45, 7) is 7.77. The lowest BCUT2D eigenvalue weighted by Gasteiger charge is -2.04. The Morgan fingerprint density at radius 1 is 1.17 bits per heavy atom. The van der Waals surface area contributed by atoms with Gasteiger partial charge in [0, 0.05) is 22.6 Å². The van der Waals surface area contributed by atoms with Crippen molar-refractivity contribution in [3.05, 3.63) is 52.6 Å². The fraction of sp³-hybridized carbons (Fsp3) is 0.294. The number of ketones is 1. The van der Waals surface area contributed by atoms with Crippen molar-refractivity contribution < 1.29 is 4.79 Å². The maximum absolute atomic E-state index is 12.3. The van der Waals surface area contributed by atoms with Gasteiger partial charge in [0.2, 0.25) is 0 Å². The van der Waals surface area contributed by atoms with Crippen LogP contribution in [0.25, 0.3) is 5.82 Å². The van der Waals surface area contributed by atoms with E-state index in [2.05, 4.69) is 20.3 Å². The smallest absolute Gasteiger partial charge is 0.175 e. The van der Waals surface area contributed by atoms with E-state index >= 15 is 0 Å². The molecule has 0 bridgehead atoms. The van der Waals surface area contributed by atoms with Crippen molar-refractivity contribution in [1.82, 2.24) is 25.0 Å². The first-order chi connectivity index (χ1) is 11.4. The predicted molar refractivity (Wildman–Crippen MR) is 93.9 cm³/mol. The second-order valence-electron chi connectivity index (χ2n) is 5.77. The minimum Gasteiger partial charge on any atom is -0.362 e. The maximum Gasteiger partial charge on any atom is 0.175 e. The molecule has 0 aliphatic heterocycles. The van der Waals surface area contributed by atoms with Gasteiger partial charge in [-0.1, -0.05) is 11.8 Å². The Kier molecular flexibility index (Phi) is 4.53. The summed E-state index contributed by atoms with van der Waals surface area (Å²) < 4.78 is 1.76. The first-order valence-electron chi connectivity index (χ1n) is 7.63. The van der Waals surface area contributed by atoms with Gasteiger partial charge in [-0.15, -0.1) is 10.2 Å². The fourth-order valence-corrected chi connectivity index (χ4v) is 3.29. The molecule has 124 valence electrons. The van der Waals surface area contributed by atoms with Gasteiger partial charge in [-0.3, -0.25) is 4.79 Å². The van der Waals surface area contributed by atoms with Crippen LogP contribution >= 0.6 is 11.8 Å². The number of H-pyrrole nitrogens is 1. The summed E-state index contributed by atoms with van der Waals surface area (Å²) in [5.41, 5.74) is 4.59. The molecule has 24 heavy (non-hydrogen) atoms.